The zero-order chi connectivity index (χ0) is 28.8. The third-order valence-electron chi connectivity index (χ3n) is 6.62. The maximum absolute atomic E-state index is 13.1. The molecule has 1 fully saturated rings. The Balaban J connectivity index is 2.21. The van der Waals surface area contributed by atoms with Crippen molar-refractivity contribution in [1.82, 2.24) is 10.2 Å². The molecular formula is C30H50N2O7. The molecule has 2 N–H and O–H groups in total. The van der Waals surface area contributed by atoms with E-state index in [4.69, 9.17) is 18.9 Å². The van der Waals surface area contributed by atoms with E-state index in [9.17, 15) is 14.7 Å². The van der Waals surface area contributed by atoms with Crippen LogP contribution in [0.2, 0.25) is 0 Å². The minimum absolute atomic E-state index is 0.0165. The highest BCUT2D eigenvalue weighted by molar-refractivity contribution is 5.68. The van der Waals surface area contributed by atoms with Crippen LogP contribution in [0.5, 0.6) is 0 Å². The Morgan fingerprint density at radius 1 is 1.08 bits per heavy atom. The fourth-order valence-corrected chi connectivity index (χ4v) is 4.96. The lowest BCUT2D eigenvalue weighted by Crippen LogP contribution is -2.55. The van der Waals surface area contributed by atoms with Crippen LogP contribution in [-0.4, -0.2) is 73.0 Å². The van der Waals surface area contributed by atoms with Crippen molar-refractivity contribution in [3.63, 3.8) is 0 Å². The average molecular weight is 551 g/mol. The van der Waals surface area contributed by atoms with Gasteiger partial charge in [-0.2, -0.15) is 0 Å². The summed E-state index contributed by atoms with van der Waals surface area (Å²) in [6.45, 7) is 9.87. The number of ether oxygens (including phenoxy) is 4. The van der Waals surface area contributed by atoms with E-state index in [0.29, 0.717) is 18.9 Å². The van der Waals surface area contributed by atoms with E-state index in [0.717, 1.165) is 31.2 Å². The molecule has 0 aliphatic heterocycles. The van der Waals surface area contributed by atoms with Crippen molar-refractivity contribution < 1.29 is 33.6 Å². The maximum atomic E-state index is 13.1. The van der Waals surface area contributed by atoms with Crippen LogP contribution in [0.25, 0.3) is 0 Å². The molecule has 1 aliphatic carbocycles. The van der Waals surface area contributed by atoms with E-state index < -0.39 is 36.0 Å². The van der Waals surface area contributed by atoms with E-state index in [-0.39, 0.29) is 25.9 Å². The summed E-state index contributed by atoms with van der Waals surface area (Å²) in [6.07, 6.45) is 3.24. The molecule has 2 amide bonds. The smallest absolute Gasteiger partial charge is 0.410 e. The molecule has 0 bridgehead atoms. The van der Waals surface area contributed by atoms with Crippen molar-refractivity contribution in [1.29, 1.82) is 0 Å². The molecule has 3 atom stereocenters. The van der Waals surface area contributed by atoms with Crippen molar-refractivity contribution in [3.8, 4) is 0 Å². The Bertz CT molecular complexity index is 837. The molecule has 39 heavy (non-hydrogen) atoms. The second-order valence-electron chi connectivity index (χ2n) is 11.9. The van der Waals surface area contributed by atoms with Gasteiger partial charge in [0.05, 0.1) is 18.7 Å². The number of aliphatic hydroxyl groups is 1. The second-order valence-corrected chi connectivity index (χ2v) is 11.9. The normalized spacial score (nSPS) is 16.8. The molecule has 0 aromatic heterocycles. The van der Waals surface area contributed by atoms with Crippen LogP contribution in [0.15, 0.2) is 30.3 Å². The van der Waals surface area contributed by atoms with Gasteiger partial charge in [-0.1, -0.05) is 76.3 Å². The highest BCUT2D eigenvalue weighted by Gasteiger charge is 2.36. The summed E-state index contributed by atoms with van der Waals surface area (Å²) >= 11 is 0. The lowest BCUT2D eigenvalue weighted by molar-refractivity contribution is -0.130. The fraction of sp³-hybridized carbons (Fsp3) is 0.733. The van der Waals surface area contributed by atoms with Crippen molar-refractivity contribution in [2.24, 2.45) is 11.8 Å². The summed E-state index contributed by atoms with van der Waals surface area (Å²) < 4.78 is 22.3. The number of nitrogens with zero attached hydrogens (tertiary/aromatic N) is 1. The molecule has 2 rings (SSSR count). The summed E-state index contributed by atoms with van der Waals surface area (Å²) in [5.41, 5.74) is 0.212. The molecule has 0 unspecified atom stereocenters. The van der Waals surface area contributed by atoms with Gasteiger partial charge in [0.2, 0.25) is 0 Å². The molecule has 1 aromatic carbocycles. The summed E-state index contributed by atoms with van der Waals surface area (Å²) in [6, 6.07) is 8.93. The topological polar surface area (TPSA) is 107 Å². The first-order chi connectivity index (χ1) is 18.5. The van der Waals surface area contributed by atoms with Crippen molar-refractivity contribution in [2.45, 2.75) is 104 Å². The van der Waals surface area contributed by atoms with Gasteiger partial charge in [0.1, 0.15) is 25.1 Å². The van der Waals surface area contributed by atoms with E-state index in [1.807, 2.05) is 44.2 Å². The largest absolute Gasteiger partial charge is 0.445 e. The molecule has 9 heteroatoms. The quantitative estimate of drug-likeness (QED) is 0.295. The number of hydrogen-bond acceptors (Lipinski definition) is 7. The minimum atomic E-state index is -1.10. The van der Waals surface area contributed by atoms with Gasteiger partial charge in [0.15, 0.2) is 0 Å². The van der Waals surface area contributed by atoms with Gasteiger partial charge in [0.25, 0.3) is 0 Å². The highest BCUT2D eigenvalue weighted by atomic mass is 16.7. The number of carbonyl (C=O) groups excluding carboxylic acids is 2. The number of aliphatic hydroxyl groups excluding tert-OH is 1. The summed E-state index contributed by atoms with van der Waals surface area (Å²) in [7, 11) is 1.51. The van der Waals surface area contributed by atoms with E-state index in [2.05, 4.69) is 5.32 Å². The van der Waals surface area contributed by atoms with Gasteiger partial charge >= 0.3 is 12.2 Å². The van der Waals surface area contributed by atoms with E-state index in [1.54, 1.807) is 20.8 Å². The van der Waals surface area contributed by atoms with Crippen LogP contribution in [-0.2, 0) is 25.6 Å². The number of benzene rings is 1. The van der Waals surface area contributed by atoms with Crippen molar-refractivity contribution in [2.75, 3.05) is 27.0 Å². The number of hydrogen-bond donors (Lipinski definition) is 2. The van der Waals surface area contributed by atoms with Crippen molar-refractivity contribution >= 4 is 12.2 Å². The Morgan fingerprint density at radius 3 is 2.33 bits per heavy atom. The predicted molar refractivity (Wildman–Crippen MR) is 150 cm³/mol. The number of alkyl carbamates (subject to hydrolysis) is 1. The summed E-state index contributed by atoms with van der Waals surface area (Å²) in [5, 5.41) is 14.4. The molecule has 0 radical (unpaired) electrons. The van der Waals surface area contributed by atoms with Crippen LogP contribution in [0.1, 0.15) is 78.7 Å². The molecule has 9 nitrogen and oxygen atoms in total. The summed E-state index contributed by atoms with van der Waals surface area (Å²) in [4.78, 5) is 27.4. The fourth-order valence-electron chi connectivity index (χ4n) is 4.96. The van der Waals surface area contributed by atoms with E-state index in [1.165, 1.54) is 18.4 Å². The number of methoxy groups -OCH3 is 1. The monoisotopic (exact) mass is 550 g/mol. The van der Waals surface area contributed by atoms with E-state index >= 15 is 0 Å². The molecule has 222 valence electrons. The van der Waals surface area contributed by atoms with Crippen molar-refractivity contribution in [3.05, 3.63) is 35.9 Å². The molecule has 0 spiro atoms. The standard InChI is InChI=1S/C30H50N2O7/c1-22(2)18-32(29(35)37-20-24-15-11-8-12-16-24)19-26(33)27(38-21-36-6)25(17-23-13-9-7-10-14-23)31-28(34)39-30(3,4)5/h8,11-12,15-16,22-23,25-27,33H,7,9-10,13-14,17-21H2,1-6H3,(H,31,34)/t25-,26-,27+/m0/s1. The molecule has 1 aliphatic rings. The lowest BCUT2D eigenvalue weighted by Gasteiger charge is -2.36. The second kappa shape index (κ2) is 16.7. The maximum Gasteiger partial charge on any atom is 0.410 e. The molecule has 1 saturated carbocycles. The zero-order valence-electron chi connectivity index (χ0n) is 24.7. The summed E-state index contributed by atoms with van der Waals surface area (Å²) in [5.74, 6) is 0.542. The number of carbonyl (C=O) groups is 2. The van der Waals surface area contributed by atoms with Gasteiger partial charge in [-0.05, 0) is 44.6 Å². The minimum Gasteiger partial charge on any atom is -0.445 e. The van der Waals surface area contributed by atoms with Crippen LogP contribution in [0.4, 0.5) is 9.59 Å². The third-order valence-corrected chi connectivity index (χ3v) is 6.62. The first kappa shape index (κ1) is 32.8. The van der Waals surface area contributed by atoms with Gasteiger partial charge in [-0.3, -0.25) is 0 Å². The zero-order valence-corrected chi connectivity index (χ0v) is 24.7. The highest BCUT2D eigenvalue weighted by Crippen LogP contribution is 2.29. The first-order valence-corrected chi connectivity index (χ1v) is 14.2. The van der Waals surface area contributed by atoms with Crippen LogP contribution < -0.4 is 5.32 Å². The number of nitrogens with one attached hydrogen (secondary N) is 1. The van der Waals surface area contributed by atoms with Crippen LogP contribution >= 0.6 is 0 Å². The molecule has 0 saturated heterocycles. The number of amides is 2. The Kier molecular flexibility index (Phi) is 14.0. The van der Waals surface area contributed by atoms with Gasteiger partial charge in [-0.25, -0.2) is 9.59 Å². The molecule has 1 aromatic rings. The predicted octanol–water partition coefficient (Wildman–Crippen LogP) is 5.49. The average Bonchev–Trinajstić information content (AvgIpc) is 2.87. The first-order valence-electron chi connectivity index (χ1n) is 14.2. The lowest BCUT2D eigenvalue weighted by atomic mass is 9.83. The van der Waals surface area contributed by atoms with Gasteiger partial charge in [0, 0.05) is 13.7 Å². The van der Waals surface area contributed by atoms with Gasteiger partial charge < -0.3 is 34.3 Å². The molecule has 0 heterocycles. The number of rotatable bonds is 14. The van der Waals surface area contributed by atoms with Crippen LogP contribution in [0.3, 0.4) is 0 Å². The van der Waals surface area contributed by atoms with Crippen LogP contribution in [0, 0.1) is 11.8 Å². The Labute approximate surface area is 234 Å². The third kappa shape index (κ3) is 13.0. The van der Waals surface area contributed by atoms with Gasteiger partial charge in [-0.15, -0.1) is 0 Å². The SMILES string of the molecule is COCO[C@H]([C@H](CC1CCCCC1)NC(=O)OC(C)(C)C)[C@@H](O)CN(CC(C)C)C(=O)OCc1ccccc1. The Hall–Kier alpha value is -2.36. The Morgan fingerprint density at radius 2 is 1.74 bits per heavy atom. The molecular weight excluding hydrogens is 500 g/mol.